The summed E-state index contributed by atoms with van der Waals surface area (Å²) in [6.45, 7) is 0. The molecule has 0 radical (unpaired) electrons. The molecule has 0 aromatic rings. The van der Waals surface area contributed by atoms with Crippen molar-refractivity contribution in [3.8, 4) is 0 Å². The minimum atomic E-state index is -0.0361. The Labute approximate surface area is 109 Å². The number of carbonyl (C=O) groups excluding carboxylic acids is 2. The van der Waals surface area contributed by atoms with Crippen molar-refractivity contribution in [2.24, 2.45) is 11.8 Å². The Hall–Kier alpha value is -1.06. The SMILES string of the molecule is O=C(CC1CCCC1)NNC(=O)C1CCCCC1. The molecule has 18 heavy (non-hydrogen) atoms. The average Bonchev–Trinajstić information content (AvgIpc) is 2.90. The monoisotopic (exact) mass is 252 g/mol. The lowest BCUT2D eigenvalue weighted by Gasteiger charge is -2.21. The summed E-state index contributed by atoms with van der Waals surface area (Å²) in [5, 5.41) is 0. The van der Waals surface area contributed by atoms with Gasteiger partial charge in [-0.15, -0.1) is 0 Å². The van der Waals surface area contributed by atoms with Crippen molar-refractivity contribution in [1.29, 1.82) is 0 Å². The first kappa shape index (κ1) is 13.4. The number of rotatable bonds is 3. The number of hydrogen-bond donors (Lipinski definition) is 2. The third-order valence-electron chi connectivity index (χ3n) is 4.25. The summed E-state index contributed by atoms with van der Waals surface area (Å²) in [6.07, 6.45) is 10.8. The Morgan fingerprint density at radius 1 is 0.833 bits per heavy atom. The maximum atomic E-state index is 11.8. The summed E-state index contributed by atoms with van der Waals surface area (Å²) in [5.74, 6) is 0.586. The molecule has 0 unspecified atom stereocenters. The number of amides is 2. The van der Waals surface area contributed by atoms with Crippen LogP contribution in [-0.4, -0.2) is 11.8 Å². The van der Waals surface area contributed by atoms with Gasteiger partial charge < -0.3 is 0 Å². The van der Waals surface area contributed by atoms with Crippen LogP contribution in [0.2, 0.25) is 0 Å². The number of hydrazine groups is 1. The molecule has 2 rings (SSSR count). The van der Waals surface area contributed by atoms with Crippen LogP contribution in [0.1, 0.15) is 64.2 Å². The second-order valence-corrected chi connectivity index (χ2v) is 5.73. The van der Waals surface area contributed by atoms with Gasteiger partial charge >= 0.3 is 0 Å². The van der Waals surface area contributed by atoms with E-state index in [4.69, 9.17) is 0 Å². The molecule has 2 aliphatic carbocycles. The fourth-order valence-corrected chi connectivity index (χ4v) is 3.13. The van der Waals surface area contributed by atoms with E-state index in [0.717, 1.165) is 38.5 Å². The first-order valence-electron chi connectivity index (χ1n) is 7.34. The second-order valence-electron chi connectivity index (χ2n) is 5.73. The minimum absolute atomic E-state index is 0.00512. The fourth-order valence-electron chi connectivity index (χ4n) is 3.13. The van der Waals surface area contributed by atoms with Crippen molar-refractivity contribution in [3.05, 3.63) is 0 Å². The van der Waals surface area contributed by atoms with Gasteiger partial charge in [-0.05, 0) is 31.6 Å². The molecule has 0 saturated heterocycles. The molecule has 2 aliphatic rings. The van der Waals surface area contributed by atoms with Crippen LogP contribution in [0.3, 0.4) is 0 Å². The van der Waals surface area contributed by atoms with E-state index in [2.05, 4.69) is 10.9 Å². The van der Waals surface area contributed by atoms with Gasteiger partial charge in [-0.2, -0.15) is 0 Å². The standard InChI is InChI=1S/C14H24N2O2/c17-13(10-11-6-4-5-7-11)15-16-14(18)12-8-2-1-3-9-12/h11-12H,1-10H2,(H,15,17)(H,16,18). The predicted octanol–water partition coefficient (Wildman–Crippen LogP) is 2.29. The van der Waals surface area contributed by atoms with Gasteiger partial charge in [0.15, 0.2) is 0 Å². The first-order chi connectivity index (χ1) is 8.75. The molecule has 2 N–H and O–H groups in total. The third kappa shape index (κ3) is 4.00. The van der Waals surface area contributed by atoms with E-state index in [1.54, 1.807) is 0 Å². The molecular formula is C14H24N2O2. The lowest BCUT2D eigenvalue weighted by Crippen LogP contribution is -2.45. The van der Waals surface area contributed by atoms with E-state index in [1.165, 1.54) is 19.3 Å². The zero-order chi connectivity index (χ0) is 12.8. The number of carbonyl (C=O) groups is 2. The van der Waals surface area contributed by atoms with Crippen molar-refractivity contribution in [1.82, 2.24) is 10.9 Å². The van der Waals surface area contributed by atoms with E-state index in [0.29, 0.717) is 12.3 Å². The Morgan fingerprint density at radius 2 is 1.44 bits per heavy atom. The normalized spacial score (nSPS) is 21.8. The van der Waals surface area contributed by atoms with Crippen LogP contribution in [0, 0.1) is 11.8 Å². The van der Waals surface area contributed by atoms with Crippen LogP contribution in [0.15, 0.2) is 0 Å². The van der Waals surface area contributed by atoms with Gasteiger partial charge in [-0.3, -0.25) is 20.4 Å². The van der Waals surface area contributed by atoms with E-state index in [9.17, 15) is 9.59 Å². The number of hydrogen-bond acceptors (Lipinski definition) is 2. The van der Waals surface area contributed by atoms with Crippen molar-refractivity contribution >= 4 is 11.8 Å². The summed E-state index contributed by atoms with van der Waals surface area (Å²) < 4.78 is 0. The summed E-state index contributed by atoms with van der Waals surface area (Å²) in [4.78, 5) is 23.5. The highest BCUT2D eigenvalue weighted by atomic mass is 16.2. The van der Waals surface area contributed by atoms with Crippen LogP contribution >= 0.6 is 0 Å². The van der Waals surface area contributed by atoms with Crippen LogP contribution in [0.5, 0.6) is 0 Å². The van der Waals surface area contributed by atoms with Gasteiger partial charge in [-0.25, -0.2) is 0 Å². The van der Waals surface area contributed by atoms with Gasteiger partial charge in [0.1, 0.15) is 0 Å². The first-order valence-corrected chi connectivity index (χ1v) is 7.34. The highest BCUT2D eigenvalue weighted by molar-refractivity contribution is 5.83. The molecule has 0 bridgehead atoms. The topological polar surface area (TPSA) is 58.2 Å². The molecule has 0 aromatic heterocycles. The summed E-state index contributed by atoms with van der Waals surface area (Å²) >= 11 is 0. The predicted molar refractivity (Wildman–Crippen MR) is 69.4 cm³/mol. The molecule has 0 spiro atoms. The molecular weight excluding hydrogens is 228 g/mol. The average molecular weight is 252 g/mol. The quantitative estimate of drug-likeness (QED) is 0.757. The fraction of sp³-hybridized carbons (Fsp3) is 0.857. The summed E-state index contributed by atoms with van der Waals surface area (Å²) in [6, 6.07) is 0. The molecule has 2 fully saturated rings. The van der Waals surface area contributed by atoms with Gasteiger partial charge in [0.2, 0.25) is 11.8 Å². The lowest BCUT2D eigenvalue weighted by molar-refractivity contribution is -0.132. The van der Waals surface area contributed by atoms with E-state index in [1.807, 2.05) is 0 Å². The molecule has 0 aromatic carbocycles. The van der Waals surface area contributed by atoms with Crippen molar-refractivity contribution in [3.63, 3.8) is 0 Å². The highest BCUT2D eigenvalue weighted by Gasteiger charge is 2.22. The second kappa shape index (κ2) is 6.76. The van der Waals surface area contributed by atoms with Gasteiger partial charge in [0, 0.05) is 12.3 Å². The van der Waals surface area contributed by atoms with Gasteiger partial charge in [0.05, 0.1) is 0 Å². The lowest BCUT2D eigenvalue weighted by atomic mass is 9.89. The molecule has 102 valence electrons. The molecule has 0 aliphatic heterocycles. The minimum Gasteiger partial charge on any atom is -0.273 e. The zero-order valence-electron chi connectivity index (χ0n) is 11.0. The third-order valence-corrected chi connectivity index (χ3v) is 4.25. The van der Waals surface area contributed by atoms with Gasteiger partial charge in [0.25, 0.3) is 0 Å². The largest absolute Gasteiger partial charge is 0.273 e. The van der Waals surface area contributed by atoms with Crippen LogP contribution in [0.4, 0.5) is 0 Å². The molecule has 0 heterocycles. The molecule has 2 amide bonds. The van der Waals surface area contributed by atoms with Crippen LogP contribution in [-0.2, 0) is 9.59 Å². The summed E-state index contributed by atoms with van der Waals surface area (Å²) in [5.41, 5.74) is 5.16. The Kier molecular flexibility index (Phi) is 5.02. The van der Waals surface area contributed by atoms with E-state index >= 15 is 0 Å². The Morgan fingerprint density at radius 3 is 2.11 bits per heavy atom. The van der Waals surface area contributed by atoms with Gasteiger partial charge in [-0.1, -0.05) is 32.1 Å². The molecule has 2 saturated carbocycles. The van der Waals surface area contributed by atoms with E-state index in [-0.39, 0.29) is 17.7 Å². The van der Waals surface area contributed by atoms with Crippen LogP contribution in [0.25, 0.3) is 0 Å². The Bertz CT molecular complexity index is 292. The van der Waals surface area contributed by atoms with Crippen molar-refractivity contribution in [2.75, 3.05) is 0 Å². The molecule has 0 atom stereocenters. The molecule has 4 nitrogen and oxygen atoms in total. The maximum Gasteiger partial charge on any atom is 0.241 e. The van der Waals surface area contributed by atoms with Crippen molar-refractivity contribution in [2.45, 2.75) is 64.2 Å². The van der Waals surface area contributed by atoms with E-state index < -0.39 is 0 Å². The van der Waals surface area contributed by atoms with Crippen molar-refractivity contribution < 1.29 is 9.59 Å². The maximum absolute atomic E-state index is 11.8. The van der Waals surface area contributed by atoms with Crippen LogP contribution < -0.4 is 10.9 Å². The zero-order valence-corrected chi connectivity index (χ0v) is 11.0. The number of nitrogens with one attached hydrogen (secondary N) is 2. The highest BCUT2D eigenvalue weighted by Crippen LogP contribution is 2.27. The Balaban J connectivity index is 1.63. The smallest absolute Gasteiger partial charge is 0.241 e. The molecule has 4 heteroatoms. The summed E-state index contributed by atoms with van der Waals surface area (Å²) in [7, 11) is 0.